The fraction of sp³-hybridized carbons (Fsp3) is 0.227. The average molecular weight is 489 g/mol. The van der Waals surface area contributed by atoms with E-state index in [-0.39, 0.29) is 11.4 Å². The number of rotatable bonds is 7. The van der Waals surface area contributed by atoms with E-state index in [1.54, 1.807) is 30.3 Å². The van der Waals surface area contributed by atoms with Gasteiger partial charge in [0.15, 0.2) is 0 Å². The van der Waals surface area contributed by atoms with Crippen molar-refractivity contribution in [3.8, 4) is 5.75 Å². The highest BCUT2D eigenvalue weighted by molar-refractivity contribution is 9.10. The molecule has 156 valence electrons. The first-order valence-electron chi connectivity index (χ1n) is 9.36. The highest BCUT2D eigenvalue weighted by Gasteiger charge is 2.36. The number of hydrogen-bond donors (Lipinski definition) is 1. The van der Waals surface area contributed by atoms with Gasteiger partial charge < -0.3 is 10.1 Å². The number of anilines is 1. The van der Waals surface area contributed by atoms with Crippen molar-refractivity contribution in [2.24, 2.45) is 5.92 Å². The summed E-state index contributed by atoms with van der Waals surface area (Å²) in [6.45, 7) is 4.30. The van der Waals surface area contributed by atoms with E-state index >= 15 is 0 Å². The fourth-order valence-corrected chi connectivity index (χ4v) is 3.74. The molecule has 0 aromatic heterocycles. The molecule has 0 aliphatic carbocycles. The van der Waals surface area contributed by atoms with Crippen LogP contribution >= 0.6 is 27.7 Å². The summed E-state index contributed by atoms with van der Waals surface area (Å²) >= 11 is 4.14. The van der Waals surface area contributed by atoms with Crippen LogP contribution in [-0.4, -0.2) is 35.1 Å². The first-order valence-corrected chi connectivity index (χ1v) is 11.0. The quantitative estimate of drug-likeness (QED) is 0.544. The van der Waals surface area contributed by atoms with Gasteiger partial charge in [-0.05, 0) is 54.1 Å². The number of hydrogen-bond acceptors (Lipinski definition) is 5. The number of nitrogens with zero attached hydrogens (tertiary/aromatic N) is 1. The van der Waals surface area contributed by atoms with Gasteiger partial charge in [-0.1, -0.05) is 48.0 Å². The molecule has 2 aromatic rings. The van der Waals surface area contributed by atoms with Crippen LogP contribution in [0.25, 0.3) is 6.08 Å². The zero-order valence-electron chi connectivity index (χ0n) is 16.6. The number of imide groups is 1. The Labute approximate surface area is 187 Å². The maximum absolute atomic E-state index is 12.7. The van der Waals surface area contributed by atoms with Crippen LogP contribution in [0.15, 0.2) is 57.9 Å². The molecule has 1 aliphatic rings. The van der Waals surface area contributed by atoms with Gasteiger partial charge in [0.2, 0.25) is 5.91 Å². The van der Waals surface area contributed by atoms with Crippen LogP contribution in [0, 0.1) is 5.92 Å². The topological polar surface area (TPSA) is 75.7 Å². The number of para-hydroxylation sites is 1. The molecule has 0 saturated carbocycles. The van der Waals surface area contributed by atoms with Crippen LogP contribution in [-0.2, 0) is 9.59 Å². The molecule has 1 heterocycles. The Morgan fingerprint density at radius 3 is 2.57 bits per heavy atom. The van der Waals surface area contributed by atoms with Crippen molar-refractivity contribution in [3.63, 3.8) is 0 Å². The van der Waals surface area contributed by atoms with Crippen molar-refractivity contribution < 1.29 is 19.1 Å². The van der Waals surface area contributed by atoms with Crippen molar-refractivity contribution in [2.45, 2.75) is 13.8 Å². The van der Waals surface area contributed by atoms with Gasteiger partial charge in [-0.15, -0.1) is 0 Å². The van der Waals surface area contributed by atoms with Crippen LogP contribution in [0.4, 0.5) is 10.5 Å². The summed E-state index contributed by atoms with van der Waals surface area (Å²) in [6, 6.07) is 14.4. The molecule has 0 spiro atoms. The number of thioether (sulfide) groups is 1. The van der Waals surface area contributed by atoms with Crippen LogP contribution < -0.4 is 10.1 Å². The summed E-state index contributed by atoms with van der Waals surface area (Å²) in [7, 11) is 0. The van der Waals surface area contributed by atoms with Crippen molar-refractivity contribution in [1.82, 2.24) is 4.90 Å². The first kappa shape index (κ1) is 22.1. The molecular formula is C22H21BrN2O4S. The van der Waals surface area contributed by atoms with Gasteiger partial charge in [0.25, 0.3) is 11.1 Å². The van der Waals surface area contributed by atoms with Gasteiger partial charge in [-0.3, -0.25) is 19.3 Å². The highest BCUT2D eigenvalue weighted by Crippen LogP contribution is 2.34. The molecule has 1 saturated heterocycles. The zero-order chi connectivity index (χ0) is 21.7. The Bertz CT molecular complexity index is 989. The Morgan fingerprint density at radius 1 is 1.17 bits per heavy atom. The normalized spacial score (nSPS) is 15.2. The van der Waals surface area contributed by atoms with Gasteiger partial charge in [0.05, 0.1) is 11.5 Å². The summed E-state index contributed by atoms with van der Waals surface area (Å²) in [6.07, 6.45) is 1.63. The van der Waals surface area contributed by atoms with E-state index in [1.807, 2.05) is 38.1 Å². The second-order valence-corrected chi connectivity index (χ2v) is 8.97. The standard InChI is InChI=1S/C22H21BrN2O4S/c1-14(2)13-29-18-6-4-3-5-15(18)11-19-21(27)25(22(28)30-19)12-20(26)24-17-9-7-16(23)8-10-17/h3-11,14H,12-13H2,1-2H3,(H,24,26)/b19-11+. The zero-order valence-corrected chi connectivity index (χ0v) is 19.0. The molecule has 3 rings (SSSR count). The molecular weight excluding hydrogens is 468 g/mol. The van der Waals surface area contributed by atoms with Crippen molar-refractivity contribution in [2.75, 3.05) is 18.5 Å². The fourth-order valence-electron chi connectivity index (χ4n) is 2.64. The van der Waals surface area contributed by atoms with Crippen LogP contribution in [0.5, 0.6) is 5.75 Å². The Balaban J connectivity index is 1.70. The molecule has 0 radical (unpaired) electrons. The lowest BCUT2D eigenvalue weighted by Crippen LogP contribution is -2.36. The molecule has 0 bridgehead atoms. The Hall–Kier alpha value is -2.58. The number of carbonyl (C=O) groups is 3. The average Bonchev–Trinajstić information content (AvgIpc) is 2.96. The predicted molar refractivity (Wildman–Crippen MR) is 122 cm³/mol. The predicted octanol–water partition coefficient (Wildman–Crippen LogP) is 5.16. The SMILES string of the molecule is CC(C)COc1ccccc1/C=C1/SC(=O)N(CC(=O)Nc2ccc(Br)cc2)C1=O. The van der Waals surface area contributed by atoms with Crippen molar-refractivity contribution in [1.29, 1.82) is 0 Å². The minimum atomic E-state index is -0.491. The first-order chi connectivity index (χ1) is 14.3. The third-order valence-corrected chi connectivity index (χ3v) is 5.52. The van der Waals surface area contributed by atoms with E-state index in [1.165, 1.54) is 0 Å². The lowest BCUT2D eigenvalue weighted by Gasteiger charge is -2.13. The monoisotopic (exact) mass is 488 g/mol. The lowest BCUT2D eigenvalue weighted by atomic mass is 10.1. The van der Waals surface area contributed by atoms with E-state index in [9.17, 15) is 14.4 Å². The molecule has 6 nitrogen and oxygen atoms in total. The van der Waals surface area contributed by atoms with E-state index in [4.69, 9.17) is 4.74 Å². The number of halogens is 1. The number of carbonyl (C=O) groups excluding carboxylic acids is 3. The van der Waals surface area contributed by atoms with Gasteiger partial charge in [0.1, 0.15) is 12.3 Å². The van der Waals surface area contributed by atoms with Gasteiger partial charge >= 0.3 is 0 Å². The molecule has 1 N–H and O–H groups in total. The Kier molecular flexibility index (Phi) is 7.33. The van der Waals surface area contributed by atoms with Crippen LogP contribution in [0.1, 0.15) is 19.4 Å². The largest absolute Gasteiger partial charge is 0.493 e. The molecule has 8 heteroatoms. The highest BCUT2D eigenvalue weighted by atomic mass is 79.9. The number of ether oxygens (including phenoxy) is 1. The van der Waals surface area contributed by atoms with Crippen LogP contribution in [0.2, 0.25) is 0 Å². The maximum atomic E-state index is 12.7. The molecule has 1 fully saturated rings. The maximum Gasteiger partial charge on any atom is 0.294 e. The second kappa shape index (κ2) is 9.95. The molecule has 3 amide bonds. The van der Waals surface area contributed by atoms with Gasteiger partial charge in [-0.25, -0.2) is 0 Å². The minimum absolute atomic E-state index is 0.261. The molecule has 1 aliphatic heterocycles. The van der Waals surface area contributed by atoms with Gasteiger partial charge in [-0.2, -0.15) is 0 Å². The summed E-state index contributed by atoms with van der Waals surface area (Å²) in [5.74, 6) is 0.0663. The summed E-state index contributed by atoms with van der Waals surface area (Å²) in [5.41, 5.74) is 1.30. The number of nitrogens with one attached hydrogen (secondary N) is 1. The molecule has 2 aromatic carbocycles. The van der Waals surface area contributed by atoms with Gasteiger partial charge in [0, 0.05) is 15.7 Å². The number of amides is 3. The third-order valence-electron chi connectivity index (χ3n) is 4.08. The third kappa shape index (κ3) is 5.73. The van der Waals surface area contributed by atoms with Crippen LogP contribution in [0.3, 0.4) is 0 Å². The lowest BCUT2D eigenvalue weighted by molar-refractivity contribution is -0.127. The van der Waals surface area contributed by atoms with Crippen molar-refractivity contribution >= 4 is 56.5 Å². The molecule has 0 unspecified atom stereocenters. The van der Waals surface area contributed by atoms with E-state index < -0.39 is 17.1 Å². The van der Waals surface area contributed by atoms with Crippen molar-refractivity contribution in [3.05, 3.63) is 63.5 Å². The second-order valence-electron chi connectivity index (χ2n) is 7.07. The van der Waals surface area contributed by atoms with E-state index in [2.05, 4.69) is 21.2 Å². The van der Waals surface area contributed by atoms with E-state index in [0.717, 1.165) is 21.1 Å². The minimum Gasteiger partial charge on any atom is -0.493 e. The molecule has 0 atom stereocenters. The van der Waals surface area contributed by atoms with E-state index in [0.29, 0.717) is 29.5 Å². The smallest absolute Gasteiger partial charge is 0.294 e. The summed E-state index contributed by atoms with van der Waals surface area (Å²) < 4.78 is 6.69. The number of benzene rings is 2. The summed E-state index contributed by atoms with van der Waals surface area (Å²) in [5, 5.41) is 2.21. The molecule has 30 heavy (non-hydrogen) atoms. The Morgan fingerprint density at radius 2 is 1.87 bits per heavy atom. The summed E-state index contributed by atoms with van der Waals surface area (Å²) in [4.78, 5) is 38.5.